The van der Waals surface area contributed by atoms with Gasteiger partial charge in [0.2, 0.25) is 0 Å². The van der Waals surface area contributed by atoms with Gasteiger partial charge >= 0.3 is 0 Å². The van der Waals surface area contributed by atoms with Crippen LogP contribution in [0.15, 0.2) is 18.2 Å². The molecular weight excluding hydrogens is 158 g/mol. The summed E-state index contributed by atoms with van der Waals surface area (Å²) in [6.07, 6.45) is 2.33. The zero-order chi connectivity index (χ0) is 9.68. The van der Waals surface area contributed by atoms with Gasteiger partial charge in [0.25, 0.3) is 0 Å². The molecule has 72 valence electrons. The lowest BCUT2D eigenvalue weighted by Gasteiger charge is -2.01. The molecule has 1 nitrogen and oxygen atoms in total. The summed E-state index contributed by atoms with van der Waals surface area (Å²) in [5, 5.41) is 3.37. The number of nitrogens with one attached hydrogen (secondary N) is 1. The van der Waals surface area contributed by atoms with E-state index in [2.05, 4.69) is 30.4 Å². The molecule has 0 spiro atoms. The molecule has 0 unspecified atom stereocenters. The third-order valence-electron chi connectivity index (χ3n) is 2.29. The second-order valence-electron chi connectivity index (χ2n) is 3.02. The Morgan fingerprint density at radius 2 is 2.08 bits per heavy atom. The van der Waals surface area contributed by atoms with E-state index in [0.29, 0.717) is 0 Å². The van der Waals surface area contributed by atoms with Crippen LogP contribution in [-0.2, 0) is 12.8 Å². The lowest BCUT2D eigenvalue weighted by atomic mass is 10.1. The molecule has 1 aromatic carbocycles. The van der Waals surface area contributed by atoms with Crippen molar-refractivity contribution in [2.45, 2.75) is 33.6 Å². The zero-order valence-electron chi connectivity index (χ0n) is 8.85. The summed E-state index contributed by atoms with van der Waals surface area (Å²) in [5.41, 5.74) is 4.25. The van der Waals surface area contributed by atoms with Gasteiger partial charge in [-0.25, -0.2) is 0 Å². The van der Waals surface area contributed by atoms with Crippen molar-refractivity contribution in [2.24, 2.45) is 0 Å². The molecule has 0 fully saturated rings. The molecule has 0 bridgehead atoms. The predicted molar refractivity (Wildman–Crippen MR) is 59.4 cm³/mol. The van der Waals surface area contributed by atoms with Crippen molar-refractivity contribution in [3.8, 4) is 0 Å². The highest BCUT2D eigenvalue weighted by molar-refractivity contribution is 5.56. The van der Waals surface area contributed by atoms with E-state index in [0.717, 1.165) is 13.0 Å². The van der Waals surface area contributed by atoms with Gasteiger partial charge in [-0.1, -0.05) is 32.9 Å². The Bertz CT molecular complexity index is 266. The van der Waals surface area contributed by atoms with E-state index in [4.69, 9.17) is 0 Å². The van der Waals surface area contributed by atoms with E-state index in [1.807, 2.05) is 13.8 Å². The molecular formula is C12H19N. The molecule has 1 aliphatic heterocycles. The molecule has 0 amide bonds. The van der Waals surface area contributed by atoms with Gasteiger partial charge in [-0.2, -0.15) is 0 Å². The van der Waals surface area contributed by atoms with E-state index in [1.54, 1.807) is 0 Å². The zero-order valence-corrected chi connectivity index (χ0v) is 8.85. The van der Waals surface area contributed by atoms with Crippen LogP contribution in [0.3, 0.4) is 0 Å². The molecule has 0 radical (unpaired) electrons. The Morgan fingerprint density at radius 1 is 1.31 bits per heavy atom. The summed E-state index contributed by atoms with van der Waals surface area (Å²) in [5.74, 6) is 0. The first-order valence-electron chi connectivity index (χ1n) is 5.26. The van der Waals surface area contributed by atoms with Crippen LogP contribution in [0.1, 0.15) is 31.9 Å². The Morgan fingerprint density at radius 3 is 2.77 bits per heavy atom. The molecule has 2 rings (SSSR count). The van der Waals surface area contributed by atoms with Crippen LogP contribution >= 0.6 is 0 Å². The maximum Gasteiger partial charge on any atom is 0.0376 e. The largest absolute Gasteiger partial charge is 0.384 e. The summed E-state index contributed by atoms with van der Waals surface area (Å²) in [6.45, 7) is 7.30. The third-order valence-corrected chi connectivity index (χ3v) is 2.29. The number of benzene rings is 1. The van der Waals surface area contributed by atoms with E-state index in [-0.39, 0.29) is 0 Å². The molecule has 1 N–H and O–H groups in total. The molecule has 0 saturated heterocycles. The summed E-state index contributed by atoms with van der Waals surface area (Å²) >= 11 is 0. The maximum absolute atomic E-state index is 3.37. The summed E-state index contributed by atoms with van der Waals surface area (Å²) in [4.78, 5) is 0. The van der Waals surface area contributed by atoms with Crippen LogP contribution < -0.4 is 5.32 Å². The smallest absolute Gasteiger partial charge is 0.0376 e. The highest BCUT2D eigenvalue weighted by atomic mass is 14.9. The molecule has 0 aromatic heterocycles. The van der Waals surface area contributed by atoms with Crippen molar-refractivity contribution in [1.29, 1.82) is 0 Å². The van der Waals surface area contributed by atoms with Gasteiger partial charge < -0.3 is 5.32 Å². The third kappa shape index (κ3) is 2.24. The SMILES string of the molecule is CC.CCc1ccc2c(c1)NCC2. The second kappa shape index (κ2) is 4.90. The van der Waals surface area contributed by atoms with Gasteiger partial charge in [0.05, 0.1) is 0 Å². The van der Waals surface area contributed by atoms with Gasteiger partial charge in [0.1, 0.15) is 0 Å². The number of hydrogen-bond donors (Lipinski definition) is 1. The standard InChI is InChI=1S/C10H13N.C2H6/c1-2-8-3-4-9-5-6-11-10(9)7-8;1-2/h3-4,7,11H,2,5-6H2,1H3;1-2H3. The first kappa shape index (κ1) is 10.1. The molecule has 1 aromatic rings. The number of rotatable bonds is 1. The maximum atomic E-state index is 3.37. The van der Waals surface area contributed by atoms with Crippen molar-refractivity contribution < 1.29 is 0 Å². The van der Waals surface area contributed by atoms with Crippen molar-refractivity contribution in [3.63, 3.8) is 0 Å². The average Bonchev–Trinajstić information content (AvgIpc) is 2.67. The predicted octanol–water partition coefficient (Wildman–Crippen LogP) is 3.24. The van der Waals surface area contributed by atoms with Gasteiger partial charge in [-0.05, 0) is 30.0 Å². The van der Waals surface area contributed by atoms with Crippen LogP contribution in [0, 0.1) is 0 Å². The summed E-state index contributed by atoms with van der Waals surface area (Å²) in [6, 6.07) is 6.74. The Balaban J connectivity index is 0.000000396. The lowest BCUT2D eigenvalue weighted by molar-refractivity contribution is 1.10. The minimum absolute atomic E-state index is 1.11. The molecule has 13 heavy (non-hydrogen) atoms. The first-order chi connectivity index (χ1) is 6.40. The molecule has 1 heteroatoms. The van der Waals surface area contributed by atoms with Gasteiger partial charge in [-0.3, -0.25) is 0 Å². The fraction of sp³-hybridized carbons (Fsp3) is 0.500. The van der Waals surface area contributed by atoms with Crippen LogP contribution in [0.2, 0.25) is 0 Å². The number of hydrogen-bond acceptors (Lipinski definition) is 1. The molecule has 0 saturated carbocycles. The average molecular weight is 177 g/mol. The van der Waals surface area contributed by atoms with Crippen LogP contribution in [-0.4, -0.2) is 6.54 Å². The first-order valence-corrected chi connectivity index (χ1v) is 5.26. The Kier molecular flexibility index (Phi) is 3.81. The lowest BCUT2D eigenvalue weighted by Crippen LogP contribution is -1.91. The van der Waals surface area contributed by atoms with Crippen molar-refractivity contribution in [2.75, 3.05) is 11.9 Å². The molecule has 0 atom stereocenters. The molecule has 1 aliphatic rings. The number of fused-ring (bicyclic) bond motifs is 1. The van der Waals surface area contributed by atoms with Gasteiger partial charge in [-0.15, -0.1) is 0 Å². The minimum atomic E-state index is 1.11. The molecule has 1 heterocycles. The minimum Gasteiger partial charge on any atom is -0.384 e. The second-order valence-corrected chi connectivity index (χ2v) is 3.02. The van der Waals surface area contributed by atoms with Gasteiger partial charge in [0.15, 0.2) is 0 Å². The number of aryl methyl sites for hydroxylation is 1. The van der Waals surface area contributed by atoms with Crippen molar-refractivity contribution >= 4 is 5.69 Å². The fourth-order valence-electron chi connectivity index (χ4n) is 1.56. The summed E-state index contributed by atoms with van der Waals surface area (Å²) in [7, 11) is 0. The van der Waals surface area contributed by atoms with Crippen LogP contribution in [0.5, 0.6) is 0 Å². The topological polar surface area (TPSA) is 12.0 Å². The van der Waals surface area contributed by atoms with E-state index < -0.39 is 0 Å². The quantitative estimate of drug-likeness (QED) is 0.694. The van der Waals surface area contributed by atoms with E-state index in [9.17, 15) is 0 Å². The molecule has 0 aliphatic carbocycles. The number of anilines is 1. The van der Waals surface area contributed by atoms with Crippen molar-refractivity contribution in [3.05, 3.63) is 29.3 Å². The van der Waals surface area contributed by atoms with Crippen LogP contribution in [0.4, 0.5) is 5.69 Å². The monoisotopic (exact) mass is 177 g/mol. The highest BCUT2D eigenvalue weighted by Gasteiger charge is 2.08. The fourth-order valence-corrected chi connectivity index (χ4v) is 1.56. The Hall–Kier alpha value is -0.980. The summed E-state index contributed by atoms with van der Waals surface area (Å²) < 4.78 is 0. The van der Waals surface area contributed by atoms with E-state index in [1.165, 1.54) is 23.2 Å². The van der Waals surface area contributed by atoms with E-state index >= 15 is 0 Å². The van der Waals surface area contributed by atoms with Crippen molar-refractivity contribution in [1.82, 2.24) is 0 Å². The van der Waals surface area contributed by atoms with Gasteiger partial charge in [0, 0.05) is 12.2 Å². The Labute approximate surface area is 81.2 Å². The normalized spacial score (nSPS) is 12.5. The highest BCUT2D eigenvalue weighted by Crippen LogP contribution is 2.23. The van der Waals surface area contributed by atoms with Crippen LogP contribution in [0.25, 0.3) is 0 Å².